The third-order valence-corrected chi connectivity index (χ3v) is 4.45. The van der Waals surface area contributed by atoms with E-state index in [1.807, 2.05) is 18.5 Å². The van der Waals surface area contributed by atoms with Crippen molar-refractivity contribution in [2.24, 2.45) is 0 Å². The summed E-state index contributed by atoms with van der Waals surface area (Å²) in [5.41, 5.74) is 2.28. The summed E-state index contributed by atoms with van der Waals surface area (Å²) in [7, 11) is 0. The molecule has 0 aliphatic carbocycles. The van der Waals surface area contributed by atoms with Crippen LogP contribution in [-0.2, 0) is 4.79 Å². The molecule has 7 heteroatoms. The summed E-state index contributed by atoms with van der Waals surface area (Å²) in [4.78, 5) is 14.2. The number of carbonyl (C=O) groups is 1. The largest absolute Gasteiger partial charge is 0.322 e. The Bertz CT molecular complexity index is 761. The average Bonchev–Trinajstić information content (AvgIpc) is 3.08. The minimum atomic E-state index is -0.530. The first kappa shape index (κ1) is 16.9. The lowest BCUT2D eigenvalue weighted by Gasteiger charge is -2.17. The van der Waals surface area contributed by atoms with Gasteiger partial charge >= 0.3 is 0 Å². The predicted molar refractivity (Wildman–Crippen MR) is 91.8 cm³/mol. The van der Waals surface area contributed by atoms with Gasteiger partial charge in [0, 0.05) is 23.8 Å². The second-order valence-electron chi connectivity index (χ2n) is 6.22. The Kier molecular flexibility index (Phi) is 4.87. The van der Waals surface area contributed by atoms with Crippen molar-refractivity contribution in [3.63, 3.8) is 0 Å². The van der Waals surface area contributed by atoms with Crippen LogP contribution in [0.1, 0.15) is 23.9 Å². The molecule has 24 heavy (non-hydrogen) atoms. The summed E-state index contributed by atoms with van der Waals surface area (Å²) < 4.78 is 15.8. The van der Waals surface area contributed by atoms with Gasteiger partial charge in [0.2, 0.25) is 5.91 Å². The maximum Gasteiger partial charge on any atom is 0.238 e. The SMILES string of the molecule is Cc1cc(C)n(C2CCN(CC(=O)Nc3ccc(Cl)cc3F)C2)n1. The summed E-state index contributed by atoms with van der Waals surface area (Å²) in [5.74, 6) is -0.761. The Balaban J connectivity index is 1.57. The van der Waals surface area contributed by atoms with Gasteiger partial charge in [-0.15, -0.1) is 0 Å². The van der Waals surface area contributed by atoms with Crippen LogP contribution in [0.3, 0.4) is 0 Å². The summed E-state index contributed by atoms with van der Waals surface area (Å²) in [6.45, 7) is 5.83. The number of anilines is 1. The van der Waals surface area contributed by atoms with Gasteiger partial charge < -0.3 is 5.32 Å². The van der Waals surface area contributed by atoms with E-state index in [4.69, 9.17) is 11.6 Å². The molecule has 1 amide bonds. The number of nitrogens with one attached hydrogen (secondary N) is 1. The normalized spacial score (nSPS) is 18.1. The lowest BCUT2D eigenvalue weighted by molar-refractivity contribution is -0.117. The zero-order valence-electron chi connectivity index (χ0n) is 13.7. The van der Waals surface area contributed by atoms with E-state index in [2.05, 4.69) is 21.4 Å². The van der Waals surface area contributed by atoms with Crippen LogP contribution >= 0.6 is 11.6 Å². The first-order valence-electron chi connectivity index (χ1n) is 7.92. The molecule has 5 nitrogen and oxygen atoms in total. The van der Waals surface area contributed by atoms with Crippen LogP contribution in [0, 0.1) is 19.7 Å². The molecule has 1 aliphatic rings. The van der Waals surface area contributed by atoms with E-state index in [0.717, 1.165) is 30.9 Å². The van der Waals surface area contributed by atoms with Crippen LogP contribution < -0.4 is 5.32 Å². The Hall–Kier alpha value is -1.92. The van der Waals surface area contributed by atoms with Crippen molar-refractivity contribution in [1.29, 1.82) is 0 Å². The van der Waals surface area contributed by atoms with Gasteiger partial charge in [-0.1, -0.05) is 11.6 Å². The zero-order chi connectivity index (χ0) is 17.3. The van der Waals surface area contributed by atoms with Gasteiger partial charge in [0.15, 0.2) is 0 Å². The van der Waals surface area contributed by atoms with Gasteiger partial charge in [0.1, 0.15) is 5.82 Å². The number of aromatic nitrogens is 2. The van der Waals surface area contributed by atoms with Crippen molar-refractivity contribution in [2.45, 2.75) is 26.3 Å². The van der Waals surface area contributed by atoms with Gasteiger partial charge in [0.25, 0.3) is 0 Å². The number of hydrogen-bond acceptors (Lipinski definition) is 3. The first-order chi connectivity index (χ1) is 11.4. The Morgan fingerprint density at radius 2 is 2.21 bits per heavy atom. The molecule has 128 valence electrons. The maximum absolute atomic E-state index is 13.7. The summed E-state index contributed by atoms with van der Waals surface area (Å²) in [6.07, 6.45) is 0.949. The quantitative estimate of drug-likeness (QED) is 0.921. The zero-order valence-corrected chi connectivity index (χ0v) is 14.5. The third-order valence-electron chi connectivity index (χ3n) is 4.21. The van der Waals surface area contributed by atoms with Crippen molar-refractivity contribution in [2.75, 3.05) is 25.0 Å². The summed E-state index contributed by atoms with van der Waals surface area (Å²) in [6, 6.07) is 6.54. The second-order valence-corrected chi connectivity index (χ2v) is 6.66. The average molecular weight is 351 g/mol. The molecule has 1 atom stereocenters. The molecular formula is C17H20ClFN4O. The van der Waals surface area contributed by atoms with E-state index < -0.39 is 5.82 Å². The van der Waals surface area contributed by atoms with Crippen LogP contribution in [0.2, 0.25) is 5.02 Å². The van der Waals surface area contributed by atoms with Crippen LogP contribution in [0.25, 0.3) is 0 Å². The number of rotatable bonds is 4. The number of aryl methyl sites for hydroxylation is 2. The standard InChI is InChI=1S/C17H20ClFN4O/c1-11-7-12(2)23(21-11)14-5-6-22(9-14)10-17(24)20-16-4-3-13(18)8-15(16)19/h3-4,7-8,14H,5-6,9-10H2,1-2H3,(H,20,24). The second kappa shape index (κ2) is 6.91. The molecule has 1 aromatic heterocycles. The number of benzene rings is 1. The molecule has 1 aliphatic heterocycles. The fourth-order valence-corrected chi connectivity index (χ4v) is 3.31. The molecule has 0 spiro atoms. The molecule has 1 N–H and O–H groups in total. The summed E-state index contributed by atoms with van der Waals surface area (Å²) >= 11 is 5.71. The molecule has 3 rings (SSSR count). The van der Waals surface area contributed by atoms with Crippen LogP contribution in [0.15, 0.2) is 24.3 Å². The maximum atomic E-state index is 13.7. The Morgan fingerprint density at radius 3 is 2.88 bits per heavy atom. The molecule has 1 saturated heterocycles. The van der Waals surface area contributed by atoms with Crippen LogP contribution in [0.5, 0.6) is 0 Å². The minimum Gasteiger partial charge on any atom is -0.322 e. The fourth-order valence-electron chi connectivity index (χ4n) is 3.15. The van der Waals surface area contributed by atoms with Gasteiger partial charge in [0.05, 0.1) is 24.0 Å². The highest BCUT2D eigenvalue weighted by Crippen LogP contribution is 2.23. The van der Waals surface area contributed by atoms with Gasteiger partial charge in [-0.05, 0) is 44.5 Å². The predicted octanol–water partition coefficient (Wildman–Crippen LogP) is 3.18. The van der Waals surface area contributed by atoms with Crippen molar-refractivity contribution in [3.05, 3.63) is 46.5 Å². The molecule has 0 radical (unpaired) electrons. The van der Waals surface area contributed by atoms with Gasteiger partial charge in [-0.3, -0.25) is 14.4 Å². The minimum absolute atomic E-state index is 0.152. The summed E-state index contributed by atoms with van der Waals surface area (Å²) in [5, 5.41) is 7.42. The van der Waals surface area contributed by atoms with Crippen molar-refractivity contribution in [3.8, 4) is 0 Å². The molecule has 2 aromatic rings. The van der Waals surface area contributed by atoms with E-state index in [9.17, 15) is 9.18 Å². The monoisotopic (exact) mass is 350 g/mol. The fraction of sp³-hybridized carbons (Fsp3) is 0.412. The highest BCUT2D eigenvalue weighted by Gasteiger charge is 2.27. The van der Waals surface area contributed by atoms with Gasteiger partial charge in [-0.25, -0.2) is 4.39 Å². The first-order valence-corrected chi connectivity index (χ1v) is 8.30. The van der Waals surface area contributed by atoms with E-state index >= 15 is 0 Å². The molecule has 2 heterocycles. The third kappa shape index (κ3) is 3.76. The molecule has 1 unspecified atom stereocenters. The molecular weight excluding hydrogens is 331 g/mol. The number of halogens is 2. The molecule has 0 saturated carbocycles. The molecule has 1 fully saturated rings. The smallest absolute Gasteiger partial charge is 0.238 e. The van der Waals surface area contributed by atoms with E-state index in [1.54, 1.807) is 6.07 Å². The molecule has 0 bridgehead atoms. The topological polar surface area (TPSA) is 50.2 Å². The van der Waals surface area contributed by atoms with E-state index in [1.165, 1.54) is 12.1 Å². The van der Waals surface area contributed by atoms with Crippen LogP contribution in [0.4, 0.5) is 10.1 Å². The Labute approximate surface area is 145 Å². The highest BCUT2D eigenvalue weighted by atomic mass is 35.5. The number of nitrogens with zero attached hydrogens (tertiary/aromatic N) is 3. The van der Waals surface area contributed by atoms with Gasteiger partial charge in [-0.2, -0.15) is 5.10 Å². The number of hydrogen-bond donors (Lipinski definition) is 1. The van der Waals surface area contributed by atoms with Crippen molar-refractivity contribution in [1.82, 2.24) is 14.7 Å². The van der Waals surface area contributed by atoms with E-state index in [-0.39, 0.29) is 24.2 Å². The lowest BCUT2D eigenvalue weighted by Crippen LogP contribution is -2.32. The van der Waals surface area contributed by atoms with Crippen molar-refractivity contribution < 1.29 is 9.18 Å². The number of likely N-dealkylation sites (tertiary alicyclic amines) is 1. The number of amides is 1. The Morgan fingerprint density at radius 1 is 1.42 bits per heavy atom. The highest BCUT2D eigenvalue weighted by molar-refractivity contribution is 6.30. The van der Waals surface area contributed by atoms with E-state index in [0.29, 0.717) is 5.02 Å². The van der Waals surface area contributed by atoms with Crippen molar-refractivity contribution >= 4 is 23.2 Å². The molecule has 1 aromatic carbocycles. The number of carbonyl (C=O) groups excluding carboxylic acids is 1. The van der Waals surface area contributed by atoms with Crippen LogP contribution in [-0.4, -0.2) is 40.2 Å². The lowest BCUT2D eigenvalue weighted by atomic mass is 10.2.